The summed E-state index contributed by atoms with van der Waals surface area (Å²) in [4.78, 5) is 0. The lowest BCUT2D eigenvalue weighted by atomic mass is 10.0. The van der Waals surface area contributed by atoms with Crippen LogP contribution >= 0.6 is 0 Å². The molecule has 1 aliphatic heterocycles. The van der Waals surface area contributed by atoms with Gasteiger partial charge in [-0.15, -0.1) is 0 Å². The summed E-state index contributed by atoms with van der Waals surface area (Å²) in [5.41, 5.74) is 3.23. The molecule has 208 valence electrons. The first-order chi connectivity index (χ1) is 20.3. The van der Waals surface area contributed by atoms with Crippen molar-refractivity contribution >= 4 is 10.8 Å². The van der Waals surface area contributed by atoms with Gasteiger partial charge in [-0.1, -0.05) is 121 Å². The number of fused-ring (bicyclic) bond motifs is 1. The Kier molecular flexibility index (Phi) is 9.00. The van der Waals surface area contributed by atoms with E-state index in [1.807, 2.05) is 91.0 Å². The van der Waals surface area contributed by atoms with E-state index in [9.17, 15) is 0 Å². The van der Waals surface area contributed by atoms with E-state index in [0.29, 0.717) is 32.2 Å². The molecule has 0 bridgehead atoms. The van der Waals surface area contributed by atoms with Gasteiger partial charge in [-0.25, -0.2) is 0 Å². The largest absolute Gasteiger partial charge is 0.462 e. The van der Waals surface area contributed by atoms with Gasteiger partial charge >= 0.3 is 0 Å². The first-order valence-electron chi connectivity index (χ1n) is 14.1. The molecule has 0 N–H and O–H groups in total. The number of hydrogen-bond acceptors (Lipinski definition) is 5. The van der Waals surface area contributed by atoms with Crippen molar-refractivity contribution in [1.82, 2.24) is 0 Å². The molecular weight excluding hydrogens is 512 g/mol. The summed E-state index contributed by atoms with van der Waals surface area (Å²) < 4.78 is 32.4. The summed E-state index contributed by atoms with van der Waals surface area (Å²) in [6.07, 6.45) is -2.00. The molecule has 5 nitrogen and oxygen atoms in total. The van der Waals surface area contributed by atoms with Crippen LogP contribution in [0.4, 0.5) is 0 Å². The van der Waals surface area contributed by atoms with Crippen LogP contribution in [0.3, 0.4) is 0 Å². The molecule has 6 rings (SSSR count). The molecule has 5 aromatic carbocycles. The highest BCUT2D eigenvalue weighted by molar-refractivity contribution is 5.83. The van der Waals surface area contributed by atoms with Gasteiger partial charge in [-0.05, 0) is 39.6 Å². The zero-order valence-electron chi connectivity index (χ0n) is 22.9. The zero-order valence-corrected chi connectivity index (χ0v) is 22.9. The maximum Gasteiger partial charge on any atom is 0.229 e. The van der Waals surface area contributed by atoms with Crippen molar-refractivity contribution in [3.05, 3.63) is 150 Å². The topological polar surface area (TPSA) is 46.2 Å². The predicted molar refractivity (Wildman–Crippen MR) is 159 cm³/mol. The monoisotopic (exact) mass is 546 g/mol. The van der Waals surface area contributed by atoms with Crippen molar-refractivity contribution in [3.63, 3.8) is 0 Å². The molecule has 1 fully saturated rings. The third kappa shape index (κ3) is 7.20. The fraction of sp³-hybridized carbons (Fsp3) is 0.222. The summed E-state index contributed by atoms with van der Waals surface area (Å²) in [5, 5.41) is 2.25. The fourth-order valence-corrected chi connectivity index (χ4v) is 5.05. The van der Waals surface area contributed by atoms with Gasteiger partial charge in [0.15, 0.2) is 0 Å². The van der Waals surface area contributed by atoms with Crippen molar-refractivity contribution in [2.45, 2.75) is 44.4 Å². The van der Waals surface area contributed by atoms with E-state index in [-0.39, 0.29) is 6.10 Å². The number of hydrogen-bond donors (Lipinski definition) is 0. The van der Waals surface area contributed by atoms with Crippen LogP contribution in [0.15, 0.2) is 133 Å². The minimum absolute atomic E-state index is 0.315. The van der Waals surface area contributed by atoms with Gasteiger partial charge in [0.2, 0.25) is 6.29 Å². The lowest BCUT2D eigenvalue weighted by Gasteiger charge is -2.41. The van der Waals surface area contributed by atoms with Crippen LogP contribution in [0.25, 0.3) is 10.8 Å². The molecule has 0 unspecified atom stereocenters. The average Bonchev–Trinajstić information content (AvgIpc) is 3.04. The second kappa shape index (κ2) is 13.6. The summed E-state index contributed by atoms with van der Waals surface area (Å²) in [7, 11) is 0. The second-order valence-corrected chi connectivity index (χ2v) is 10.2. The summed E-state index contributed by atoms with van der Waals surface area (Å²) in [6.45, 7) is 1.57. The fourth-order valence-electron chi connectivity index (χ4n) is 5.05. The first-order valence-corrected chi connectivity index (χ1v) is 14.1. The van der Waals surface area contributed by atoms with Crippen LogP contribution in [0.2, 0.25) is 0 Å². The van der Waals surface area contributed by atoms with E-state index < -0.39 is 18.5 Å². The number of ether oxygens (including phenoxy) is 5. The Morgan fingerprint density at radius 3 is 1.63 bits per heavy atom. The maximum atomic E-state index is 6.60. The van der Waals surface area contributed by atoms with Gasteiger partial charge in [-0.2, -0.15) is 0 Å². The highest BCUT2D eigenvalue weighted by Crippen LogP contribution is 2.30. The Morgan fingerprint density at radius 1 is 0.512 bits per heavy atom. The summed E-state index contributed by atoms with van der Waals surface area (Å²) >= 11 is 0. The van der Waals surface area contributed by atoms with Crippen LogP contribution < -0.4 is 4.74 Å². The lowest BCUT2D eigenvalue weighted by molar-refractivity contribution is -0.278. The summed E-state index contributed by atoms with van der Waals surface area (Å²) in [5.74, 6) is 0.715. The molecule has 0 aromatic heterocycles. The van der Waals surface area contributed by atoms with E-state index in [1.54, 1.807) is 0 Å². The summed E-state index contributed by atoms with van der Waals surface area (Å²) in [6, 6.07) is 44.7. The van der Waals surface area contributed by atoms with E-state index >= 15 is 0 Å². The van der Waals surface area contributed by atoms with E-state index in [0.717, 1.165) is 27.5 Å². The van der Waals surface area contributed by atoms with Crippen molar-refractivity contribution in [1.29, 1.82) is 0 Å². The van der Waals surface area contributed by atoms with Gasteiger partial charge in [0.25, 0.3) is 0 Å². The SMILES string of the molecule is c1ccc(CO[C@@H]2[C@@H](OCc3ccccc3)[C@H](Oc3ccc4ccccc4c3)OC[C@H]2OCc2ccccc2)cc1. The van der Waals surface area contributed by atoms with Gasteiger partial charge in [-0.3, -0.25) is 0 Å². The Bertz CT molecular complexity index is 1490. The quantitative estimate of drug-likeness (QED) is 0.174. The zero-order chi connectivity index (χ0) is 27.7. The van der Waals surface area contributed by atoms with Gasteiger partial charge in [0.05, 0.1) is 26.4 Å². The lowest BCUT2D eigenvalue weighted by Crippen LogP contribution is -2.57. The molecular formula is C36H34O5. The molecule has 0 saturated carbocycles. The number of rotatable bonds is 11. The van der Waals surface area contributed by atoms with Crippen molar-refractivity contribution in [3.8, 4) is 5.75 Å². The van der Waals surface area contributed by atoms with Gasteiger partial charge < -0.3 is 23.7 Å². The molecule has 41 heavy (non-hydrogen) atoms. The molecule has 1 heterocycles. The van der Waals surface area contributed by atoms with Crippen molar-refractivity contribution in [2.24, 2.45) is 0 Å². The second-order valence-electron chi connectivity index (χ2n) is 10.2. The average molecular weight is 547 g/mol. The normalized spacial score (nSPS) is 20.6. The first kappa shape index (κ1) is 27.2. The standard InChI is InChI=1S/C36H34O5/c1-4-12-27(13-5-1)23-37-33-26-40-36(41-32-21-20-30-18-10-11-19-31(30)22-32)35(39-25-29-16-8-3-9-17-29)34(33)38-24-28-14-6-2-7-15-28/h1-22,33-36H,23-26H2/t33-,34+,35-,36+/m1/s1. The number of benzene rings is 5. The highest BCUT2D eigenvalue weighted by Gasteiger charge is 2.44. The molecule has 0 aliphatic carbocycles. The molecule has 0 amide bonds. The minimum Gasteiger partial charge on any atom is -0.462 e. The maximum absolute atomic E-state index is 6.60. The molecule has 1 aliphatic rings. The van der Waals surface area contributed by atoms with Crippen LogP contribution in [0.5, 0.6) is 5.75 Å². The molecule has 4 atom stereocenters. The molecule has 0 radical (unpaired) electrons. The minimum atomic E-state index is -0.683. The van der Waals surface area contributed by atoms with Crippen LogP contribution in [0.1, 0.15) is 16.7 Å². The molecule has 0 spiro atoms. The Hall–Kier alpha value is -4.00. The van der Waals surface area contributed by atoms with Crippen molar-refractivity contribution < 1.29 is 23.7 Å². The van der Waals surface area contributed by atoms with E-state index in [1.165, 1.54) is 0 Å². The predicted octanol–water partition coefficient (Wildman–Crippen LogP) is 7.33. The molecule has 5 heteroatoms. The third-order valence-corrected chi connectivity index (χ3v) is 7.23. The molecule has 5 aromatic rings. The molecule has 1 saturated heterocycles. The van der Waals surface area contributed by atoms with Gasteiger partial charge in [0, 0.05) is 0 Å². The van der Waals surface area contributed by atoms with Crippen LogP contribution in [-0.4, -0.2) is 31.2 Å². The van der Waals surface area contributed by atoms with Crippen molar-refractivity contribution in [2.75, 3.05) is 6.61 Å². The van der Waals surface area contributed by atoms with E-state index in [4.69, 9.17) is 23.7 Å². The highest BCUT2D eigenvalue weighted by atomic mass is 16.7. The van der Waals surface area contributed by atoms with Gasteiger partial charge in [0.1, 0.15) is 24.1 Å². The third-order valence-electron chi connectivity index (χ3n) is 7.23. The van der Waals surface area contributed by atoms with E-state index in [2.05, 4.69) is 42.5 Å². The Balaban J connectivity index is 1.26. The smallest absolute Gasteiger partial charge is 0.229 e. The van der Waals surface area contributed by atoms with Crippen LogP contribution in [0, 0.1) is 0 Å². The Labute approximate surface area is 241 Å². The van der Waals surface area contributed by atoms with Crippen LogP contribution in [-0.2, 0) is 38.8 Å². The Morgan fingerprint density at radius 2 is 1.02 bits per heavy atom.